The van der Waals surface area contributed by atoms with Crippen molar-refractivity contribution in [2.24, 2.45) is 5.73 Å². The van der Waals surface area contributed by atoms with E-state index in [-0.39, 0.29) is 28.0 Å². The van der Waals surface area contributed by atoms with Gasteiger partial charge in [-0.25, -0.2) is 15.0 Å². The molecule has 216 valence electrons. The lowest BCUT2D eigenvalue weighted by molar-refractivity contribution is -0.255. The third-order valence-electron chi connectivity index (χ3n) is 5.90. The van der Waals surface area contributed by atoms with E-state index in [4.69, 9.17) is 21.3 Å². The number of rotatable bonds is 9. The summed E-state index contributed by atoms with van der Waals surface area (Å²) in [6.07, 6.45) is 1.31. The molecule has 2 aromatic heterocycles. The lowest BCUT2D eigenvalue weighted by Crippen LogP contribution is -2.37. The van der Waals surface area contributed by atoms with Gasteiger partial charge in [-0.15, -0.1) is 0 Å². The Hall–Kier alpha value is -3.83. The van der Waals surface area contributed by atoms with Crippen LogP contribution in [0.2, 0.25) is 0 Å². The quantitative estimate of drug-likeness (QED) is 0.105. The molecule has 0 saturated carbocycles. The first-order chi connectivity index (χ1) is 18.9. The molecule has 0 amide bonds. The lowest BCUT2D eigenvalue weighted by atomic mass is 10.1. The van der Waals surface area contributed by atoms with Crippen molar-refractivity contribution < 1.29 is 44.3 Å². The zero-order valence-electron chi connectivity index (χ0n) is 21.6. The predicted octanol–water partition coefficient (Wildman–Crippen LogP) is -1.95. The van der Waals surface area contributed by atoms with E-state index in [1.807, 2.05) is 6.26 Å². The first-order valence-corrected chi connectivity index (χ1v) is 13.9. The van der Waals surface area contributed by atoms with Crippen LogP contribution in [-0.4, -0.2) is 94.9 Å². The van der Waals surface area contributed by atoms with Gasteiger partial charge in [-0.2, -0.15) is 0 Å². The maximum Gasteiger partial charge on any atom is 0.320 e. The van der Waals surface area contributed by atoms with E-state index in [0.29, 0.717) is 29.1 Å². The second kappa shape index (κ2) is 13.5. The second-order valence-corrected chi connectivity index (χ2v) is 11.2. The van der Waals surface area contributed by atoms with E-state index in [1.54, 1.807) is 6.07 Å². The number of aliphatic carboxylic acids is 1. The fourth-order valence-corrected chi connectivity index (χ4v) is 5.51. The molecular weight excluding hydrogens is 548 g/mol. The van der Waals surface area contributed by atoms with Gasteiger partial charge in [0.1, 0.15) is 53.5 Å². The van der Waals surface area contributed by atoms with E-state index in [1.165, 1.54) is 42.3 Å². The predicted molar refractivity (Wildman–Crippen MR) is 141 cm³/mol. The van der Waals surface area contributed by atoms with E-state index in [0.717, 1.165) is 0 Å². The fraction of sp³-hybridized carbons (Fsp3) is 0.417. The van der Waals surface area contributed by atoms with Gasteiger partial charge < -0.3 is 46.2 Å². The molecule has 6 atom stereocenters. The van der Waals surface area contributed by atoms with Gasteiger partial charge >= 0.3 is 11.9 Å². The highest BCUT2D eigenvalue weighted by Crippen LogP contribution is 2.32. The van der Waals surface area contributed by atoms with Crippen LogP contribution in [0.4, 0.5) is 5.82 Å². The fourth-order valence-electron chi connectivity index (χ4n) is 3.85. The largest absolute Gasteiger partial charge is 0.545 e. The van der Waals surface area contributed by atoms with Crippen LogP contribution in [0, 0.1) is 0 Å². The van der Waals surface area contributed by atoms with Crippen LogP contribution in [0.3, 0.4) is 0 Å². The molecule has 1 aliphatic heterocycles. The maximum atomic E-state index is 10.8. The van der Waals surface area contributed by atoms with E-state index < -0.39 is 48.5 Å². The number of aliphatic hydroxyl groups is 2. The van der Waals surface area contributed by atoms with Crippen molar-refractivity contribution >= 4 is 45.8 Å². The molecule has 1 fully saturated rings. The Kier molecular flexibility index (Phi) is 10.4. The highest BCUT2D eigenvalue weighted by molar-refractivity contribution is 7.96. The zero-order chi connectivity index (χ0) is 29.6. The van der Waals surface area contributed by atoms with Gasteiger partial charge in [0, 0.05) is 18.9 Å². The Labute approximate surface area is 231 Å². The van der Waals surface area contributed by atoms with Gasteiger partial charge in [0.2, 0.25) is 0 Å². The Balaban J connectivity index is 0.000000285. The van der Waals surface area contributed by atoms with Crippen molar-refractivity contribution in [1.29, 1.82) is 0 Å². The monoisotopic (exact) mass is 578 g/mol. The number of hydrogen-bond acceptors (Lipinski definition) is 13. The van der Waals surface area contributed by atoms with Crippen molar-refractivity contribution in [2.75, 3.05) is 23.5 Å². The number of aromatic carboxylic acids is 1. The summed E-state index contributed by atoms with van der Waals surface area (Å²) in [5.41, 5.74) is 12.0. The molecule has 1 saturated heterocycles. The van der Waals surface area contributed by atoms with Gasteiger partial charge in [-0.1, -0.05) is 12.1 Å². The molecule has 0 radical (unpaired) electrons. The number of aromatic nitrogens is 4. The minimum absolute atomic E-state index is 0.00926. The Bertz CT molecular complexity index is 1360. The summed E-state index contributed by atoms with van der Waals surface area (Å²) >= 11 is 0. The number of nitrogens with two attached hydrogens (primary N) is 2. The number of carbonyl (C=O) groups excluding carboxylic acids is 2. The number of imidazole rings is 1. The number of fused-ring (bicyclic) bond motifs is 1. The molecular formula is C24H30N6O9S. The minimum atomic E-state index is -1.36. The molecule has 3 heterocycles. The molecule has 40 heavy (non-hydrogen) atoms. The molecule has 1 aromatic carbocycles. The van der Waals surface area contributed by atoms with Crippen LogP contribution in [0.15, 0.2) is 36.9 Å². The van der Waals surface area contributed by atoms with E-state index in [9.17, 15) is 29.7 Å². The number of aliphatic hydroxyl groups excluding tert-OH is 2. The number of carboxylic acid groups (broad SMARTS) is 2. The van der Waals surface area contributed by atoms with Crippen molar-refractivity contribution in [1.82, 2.24) is 19.5 Å². The molecule has 3 aromatic rings. The number of carboxylic acids is 2. The molecule has 7 N–H and O–H groups in total. The lowest BCUT2D eigenvalue weighted by Gasteiger charge is -2.16. The molecule has 1 unspecified atom stereocenters. The maximum absolute atomic E-state index is 10.8. The Morgan fingerprint density at radius 3 is 2.55 bits per heavy atom. The Morgan fingerprint density at radius 1 is 1.20 bits per heavy atom. The third kappa shape index (κ3) is 7.42. The number of hydrogen-bond donors (Lipinski definition) is 5. The number of ether oxygens (including phenoxy) is 2. The summed E-state index contributed by atoms with van der Waals surface area (Å²) in [5, 5.41) is 40.2. The van der Waals surface area contributed by atoms with Crippen molar-refractivity contribution in [3.63, 3.8) is 0 Å². The number of nitrogens with zero attached hydrogens (tertiary/aromatic N) is 4. The number of benzene rings is 1. The van der Waals surface area contributed by atoms with E-state index in [2.05, 4.69) is 19.7 Å². The first-order valence-electron chi connectivity index (χ1n) is 11.9. The smallest absolute Gasteiger partial charge is 0.320 e. The van der Waals surface area contributed by atoms with Crippen LogP contribution < -0.4 is 21.3 Å². The van der Waals surface area contributed by atoms with E-state index >= 15 is 0 Å². The Morgan fingerprint density at radius 2 is 1.90 bits per heavy atom. The van der Waals surface area contributed by atoms with Crippen LogP contribution in [0.25, 0.3) is 11.2 Å². The van der Waals surface area contributed by atoms with Gasteiger partial charge in [-0.3, -0.25) is 14.2 Å². The summed E-state index contributed by atoms with van der Waals surface area (Å²) in [6, 6.07) is 4.90. The third-order valence-corrected chi connectivity index (χ3v) is 7.73. The van der Waals surface area contributed by atoms with Gasteiger partial charge in [0.15, 0.2) is 17.7 Å². The van der Waals surface area contributed by atoms with Crippen LogP contribution in [-0.2, 0) is 25.2 Å². The second-order valence-electron chi connectivity index (χ2n) is 8.89. The van der Waals surface area contributed by atoms with Gasteiger partial charge in [-0.05, 0) is 23.0 Å². The number of anilines is 1. The standard InChI is InChI=1S/C15H22N6O5S.C9H8O4/c1-27(3-2-7(16)15(24)25)4-8-10(22)11(23)14(26-8)21-6-20-9-12(17)18-5-19-13(9)21;1-6(10)13-8-5-3-2-4-7(8)9(11)12/h5-8,10-11,14,22-23H,2-4,16H2,1H3,(H2-,17,18,19,24,25);2-5H,1H3,(H,11,12)/t7-,8+,10+,11+,14+,27?;/m0./s1. The molecule has 0 aliphatic carbocycles. The average molecular weight is 579 g/mol. The SMILES string of the molecule is CC(=O)Oc1ccccc1C(=O)[O-].C[S+](CC[C@H](N)C(=O)O)C[C@H]1O[C@@H](n2cnc3c(N)ncnc32)[C@H](O)[C@@H]1O. The normalized spacial score (nSPS) is 21.7. The summed E-state index contributed by atoms with van der Waals surface area (Å²) in [4.78, 5) is 44.0. The van der Waals surface area contributed by atoms with Crippen molar-refractivity contribution in [3.05, 3.63) is 42.5 Å². The van der Waals surface area contributed by atoms with Crippen LogP contribution in [0.5, 0.6) is 5.75 Å². The molecule has 0 spiro atoms. The first kappa shape index (κ1) is 30.7. The molecule has 16 heteroatoms. The summed E-state index contributed by atoms with van der Waals surface area (Å²) < 4.78 is 12.1. The van der Waals surface area contributed by atoms with Crippen LogP contribution >= 0.6 is 0 Å². The summed E-state index contributed by atoms with van der Waals surface area (Å²) in [7, 11) is -0.235. The van der Waals surface area contributed by atoms with Gasteiger partial charge in [0.25, 0.3) is 0 Å². The highest BCUT2D eigenvalue weighted by atomic mass is 32.2. The number of carbonyl (C=O) groups is 3. The summed E-state index contributed by atoms with van der Waals surface area (Å²) in [6.45, 7) is 1.20. The topological polar surface area (TPSA) is 249 Å². The molecule has 4 rings (SSSR count). The van der Waals surface area contributed by atoms with Crippen LogP contribution in [0.1, 0.15) is 29.9 Å². The number of esters is 1. The number of para-hydroxylation sites is 1. The minimum Gasteiger partial charge on any atom is -0.545 e. The van der Waals surface area contributed by atoms with Gasteiger partial charge in [0.05, 0.1) is 18.6 Å². The number of nitrogen functional groups attached to an aromatic ring is 1. The van der Waals surface area contributed by atoms with Crippen molar-refractivity contribution in [2.45, 2.75) is 43.9 Å². The molecule has 15 nitrogen and oxygen atoms in total. The molecule has 0 bridgehead atoms. The summed E-state index contributed by atoms with van der Waals surface area (Å²) in [5.74, 6) is -1.66. The molecule has 1 aliphatic rings. The highest BCUT2D eigenvalue weighted by Gasteiger charge is 2.46. The van der Waals surface area contributed by atoms with Crippen molar-refractivity contribution in [3.8, 4) is 5.75 Å². The average Bonchev–Trinajstić information content (AvgIpc) is 3.45. The zero-order valence-corrected chi connectivity index (χ0v) is 22.4.